The van der Waals surface area contributed by atoms with E-state index in [9.17, 15) is 0 Å². The van der Waals surface area contributed by atoms with E-state index >= 15 is 0 Å². The van der Waals surface area contributed by atoms with Gasteiger partial charge in [0.25, 0.3) is 0 Å². The first-order chi connectivity index (χ1) is 10.3. The van der Waals surface area contributed by atoms with Gasteiger partial charge in [0.2, 0.25) is 0 Å². The quantitative estimate of drug-likeness (QED) is 0.798. The molecule has 4 nitrogen and oxygen atoms in total. The zero-order valence-corrected chi connectivity index (χ0v) is 13.3. The van der Waals surface area contributed by atoms with Crippen molar-refractivity contribution in [3.63, 3.8) is 0 Å². The summed E-state index contributed by atoms with van der Waals surface area (Å²) in [5.41, 5.74) is 0. The molecule has 0 bridgehead atoms. The van der Waals surface area contributed by atoms with E-state index in [0.29, 0.717) is 0 Å². The first kappa shape index (κ1) is 16.1. The number of hydrogen-bond donors (Lipinski definition) is 1. The molecule has 0 aliphatic carbocycles. The minimum Gasteiger partial charge on any atom is -0.493 e. The van der Waals surface area contributed by atoms with Crippen molar-refractivity contribution in [3.05, 3.63) is 24.3 Å². The zero-order chi connectivity index (χ0) is 14.9. The number of piperidine rings is 1. The molecule has 118 valence electrons. The highest BCUT2D eigenvalue weighted by Gasteiger charge is 2.18. The van der Waals surface area contributed by atoms with E-state index < -0.39 is 0 Å². The molecular weight excluding hydrogens is 264 g/mol. The molecule has 0 unspecified atom stereocenters. The molecular formula is C17H28N2O2. The van der Waals surface area contributed by atoms with Crippen LogP contribution < -0.4 is 14.8 Å². The third-order valence-corrected chi connectivity index (χ3v) is 4.12. The molecule has 0 spiro atoms. The van der Waals surface area contributed by atoms with Gasteiger partial charge in [0.05, 0.1) is 7.11 Å². The van der Waals surface area contributed by atoms with Gasteiger partial charge < -0.3 is 14.8 Å². The van der Waals surface area contributed by atoms with E-state index in [1.54, 1.807) is 7.11 Å². The Morgan fingerprint density at radius 3 is 2.57 bits per heavy atom. The van der Waals surface area contributed by atoms with Gasteiger partial charge in [-0.2, -0.15) is 0 Å². The number of likely N-dealkylation sites (tertiary alicyclic amines) is 1. The highest BCUT2D eigenvalue weighted by molar-refractivity contribution is 5.39. The van der Waals surface area contributed by atoms with E-state index in [4.69, 9.17) is 9.47 Å². The monoisotopic (exact) mass is 292 g/mol. The molecule has 0 saturated carbocycles. The van der Waals surface area contributed by atoms with Crippen LogP contribution in [-0.4, -0.2) is 51.3 Å². The smallest absolute Gasteiger partial charge is 0.161 e. The van der Waals surface area contributed by atoms with Crippen molar-refractivity contribution in [2.24, 2.45) is 5.92 Å². The molecule has 2 rings (SSSR count). The molecule has 1 aromatic rings. The zero-order valence-electron chi connectivity index (χ0n) is 13.3. The molecule has 4 heteroatoms. The van der Waals surface area contributed by atoms with Crippen molar-refractivity contribution < 1.29 is 9.47 Å². The van der Waals surface area contributed by atoms with Crippen molar-refractivity contribution in [1.82, 2.24) is 10.2 Å². The van der Waals surface area contributed by atoms with Crippen LogP contribution in [0.2, 0.25) is 0 Å². The number of para-hydroxylation sites is 2. The van der Waals surface area contributed by atoms with Gasteiger partial charge in [0.1, 0.15) is 6.61 Å². The summed E-state index contributed by atoms with van der Waals surface area (Å²) in [5, 5.41) is 3.45. The van der Waals surface area contributed by atoms with Gasteiger partial charge in [-0.3, -0.25) is 4.90 Å². The van der Waals surface area contributed by atoms with Crippen molar-refractivity contribution in [2.45, 2.75) is 19.8 Å². The number of rotatable bonds is 8. The largest absolute Gasteiger partial charge is 0.493 e. The van der Waals surface area contributed by atoms with Gasteiger partial charge >= 0.3 is 0 Å². The average molecular weight is 292 g/mol. The van der Waals surface area contributed by atoms with Crippen molar-refractivity contribution in [3.8, 4) is 11.5 Å². The van der Waals surface area contributed by atoms with Gasteiger partial charge in [0, 0.05) is 6.54 Å². The van der Waals surface area contributed by atoms with E-state index in [2.05, 4.69) is 17.1 Å². The number of nitrogens with zero attached hydrogens (tertiary/aromatic N) is 1. The lowest BCUT2D eigenvalue weighted by Gasteiger charge is -2.31. The van der Waals surface area contributed by atoms with Crippen LogP contribution in [0.3, 0.4) is 0 Å². The van der Waals surface area contributed by atoms with E-state index in [0.717, 1.165) is 37.1 Å². The summed E-state index contributed by atoms with van der Waals surface area (Å²) < 4.78 is 11.1. The normalized spacial score (nSPS) is 16.9. The van der Waals surface area contributed by atoms with Crippen LogP contribution in [0.5, 0.6) is 11.5 Å². The number of ether oxygens (including phenoxy) is 2. The molecule has 1 N–H and O–H groups in total. The van der Waals surface area contributed by atoms with Crippen LogP contribution in [0, 0.1) is 5.92 Å². The average Bonchev–Trinajstić information content (AvgIpc) is 2.54. The molecule has 0 aromatic heterocycles. The van der Waals surface area contributed by atoms with Crippen LogP contribution in [0.25, 0.3) is 0 Å². The van der Waals surface area contributed by atoms with Crippen LogP contribution in [0.4, 0.5) is 0 Å². The van der Waals surface area contributed by atoms with E-state index in [1.165, 1.54) is 32.5 Å². The van der Waals surface area contributed by atoms with Gasteiger partial charge in [-0.05, 0) is 57.1 Å². The van der Waals surface area contributed by atoms with Crippen molar-refractivity contribution >= 4 is 0 Å². The maximum atomic E-state index is 5.84. The molecule has 1 fully saturated rings. The number of methoxy groups -OCH3 is 1. The Labute approximate surface area is 128 Å². The van der Waals surface area contributed by atoms with Crippen LogP contribution in [-0.2, 0) is 0 Å². The molecule has 1 saturated heterocycles. The summed E-state index contributed by atoms with van der Waals surface area (Å²) in [5.74, 6) is 2.49. The molecule has 0 atom stereocenters. The summed E-state index contributed by atoms with van der Waals surface area (Å²) in [6, 6.07) is 7.83. The fourth-order valence-electron chi connectivity index (χ4n) is 2.79. The Morgan fingerprint density at radius 2 is 1.90 bits per heavy atom. The predicted molar refractivity (Wildman–Crippen MR) is 86.2 cm³/mol. The molecule has 1 aliphatic heterocycles. The predicted octanol–water partition coefficient (Wildman–Crippen LogP) is 2.40. The van der Waals surface area contributed by atoms with Gasteiger partial charge in [-0.25, -0.2) is 0 Å². The second kappa shape index (κ2) is 8.90. The summed E-state index contributed by atoms with van der Waals surface area (Å²) >= 11 is 0. The molecule has 0 radical (unpaired) electrons. The number of benzene rings is 1. The van der Waals surface area contributed by atoms with Crippen LogP contribution in [0.1, 0.15) is 19.8 Å². The summed E-state index contributed by atoms with van der Waals surface area (Å²) in [7, 11) is 1.68. The fraction of sp³-hybridized carbons (Fsp3) is 0.647. The lowest BCUT2D eigenvalue weighted by Crippen LogP contribution is -2.39. The molecule has 21 heavy (non-hydrogen) atoms. The second-order valence-corrected chi connectivity index (χ2v) is 5.59. The Morgan fingerprint density at radius 1 is 1.19 bits per heavy atom. The minimum atomic E-state index is 0.720. The SMILES string of the molecule is CCNCC1CCN(CCOc2ccccc2OC)CC1. The van der Waals surface area contributed by atoms with Crippen LogP contribution >= 0.6 is 0 Å². The van der Waals surface area contributed by atoms with E-state index in [-0.39, 0.29) is 0 Å². The van der Waals surface area contributed by atoms with Crippen molar-refractivity contribution in [1.29, 1.82) is 0 Å². The van der Waals surface area contributed by atoms with Gasteiger partial charge in [-0.15, -0.1) is 0 Å². The maximum absolute atomic E-state index is 5.84. The topological polar surface area (TPSA) is 33.7 Å². The second-order valence-electron chi connectivity index (χ2n) is 5.59. The van der Waals surface area contributed by atoms with Crippen molar-refractivity contribution in [2.75, 3.05) is 46.4 Å². The summed E-state index contributed by atoms with van der Waals surface area (Å²) in [6.45, 7) is 8.50. The molecule has 0 amide bonds. The Balaban J connectivity index is 1.66. The molecule has 1 aliphatic rings. The van der Waals surface area contributed by atoms with Gasteiger partial charge in [0.15, 0.2) is 11.5 Å². The fourth-order valence-corrected chi connectivity index (χ4v) is 2.79. The maximum Gasteiger partial charge on any atom is 0.161 e. The summed E-state index contributed by atoms with van der Waals surface area (Å²) in [6.07, 6.45) is 2.59. The van der Waals surface area contributed by atoms with E-state index in [1.807, 2.05) is 24.3 Å². The summed E-state index contributed by atoms with van der Waals surface area (Å²) in [4.78, 5) is 2.50. The lowest BCUT2D eigenvalue weighted by molar-refractivity contribution is 0.152. The highest BCUT2D eigenvalue weighted by atomic mass is 16.5. The first-order valence-electron chi connectivity index (χ1n) is 8.02. The number of nitrogens with one attached hydrogen (secondary N) is 1. The molecule has 1 aromatic carbocycles. The standard InChI is InChI=1S/C17H28N2O2/c1-3-18-14-15-8-10-19(11-9-15)12-13-21-17-7-5-4-6-16(17)20-2/h4-7,15,18H,3,8-14H2,1-2H3. The Bertz CT molecular complexity index is 404. The highest BCUT2D eigenvalue weighted by Crippen LogP contribution is 2.25. The first-order valence-corrected chi connectivity index (χ1v) is 8.02. The minimum absolute atomic E-state index is 0.720. The Hall–Kier alpha value is -1.26. The van der Waals surface area contributed by atoms with Crippen LogP contribution in [0.15, 0.2) is 24.3 Å². The lowest BCUT2D eigenvalue weighted by atomic mass is 9.97. The third-order valence-electron chi connectivity index (χ3n) is 4.12. The Kier molecular flexibility index (Phi) is 6.83. The molecule has 1 heterocycles. The third kappa shape index (κ3) is 5.21. The van der Waals surface area contributed by atoms with Gasteiger partial charge in [-0.1, -0.05) is 19.1 Å². The number of hydrogen-bond acceptors (Lipinski definition) is 4.